The number of esters is 1. The van der Waals surface area contributed by atoms with Gasteiger partial charge in [-0.2, -0.15) is 0 Å². The van der Waals surface area contributed by atoms with E-state index in [0.29, 0.717) is 6.04 Å². The van der Waals surface area contributed by atoms with Crippen molar-refractivity contribution in [2.24, 2.45) is 5.92 Å². The van der Waals surface area contributed by atoms with Crippen LogP contribution in [0.1, 0.15) is 26.7 Å². The third-order valence-corrected chi connectivity index (χ3v) is 3.50. The Bertz CT molecular complexity index is 233. The van der Waals surface area contributed by atoms with Crippen molar-refractivity contribution < 1.29 is 9.53 Å². The lowest BCUT2D eigenvalue weighted by molar-refractivity contribution is -0.143. The van der Waals surface area contributed by atoms with Gasteiger partial charge in [-0.15, -0.1) is 0 Å². The molecule has 3 atom stereocenters. The van der Waals surface area contributed by atoms with Gasteiger partial charge in [-0.1, -0.05) is 6.92 Å². The smallest absolute Gasteiger partial charge is 0.324 e. The van der Waals surface area contributed by atoms with Gasteiger partial charge in [0.1, 0.15) is 6.04 Å². The molecule has 3 unspecified atom stereocenters. The standard InChI is InChI=1S/C12H24N2O2/c1-9-5-6-10(2)14(7-9)8-11(13-3)12(15)16-4/h9-11,13H,5-8H2,1-4H3. The second kappa shape index (κ2) is 6.21. The Morgan fingerprint density at radius 2 is 2.19 bits per heavy atom. The molecule has 1 saturated heterocycles. The second-order valence-corrected chi connectivity index (χ2v) is 4.85. The summed E-state index contributed by atoms with van der Waals surface area (Å²) in [6.07, 6.45) is 2.51. The first-order chi connectivity index (χ1) is 7.58. The average Bonchev–Trinajstić information content (AvgIpc) is 2.29. The number of carbonyl (C=O) groups is 1. The highest BCUT2D eigenvalue weighted by Gasteiger charge is 2.27. The van der Waals surface area contributed by atoms with Crippen LogP contribution in [0.3, 0.4) is 0 Å². The summed E-state index contributed by atoms with van der Waals surface area (Å²) in [5.41, 5.74) is 0. The molecule has 1 rings (SSSR count). The maximum Gasteiger partial charge on any atom is 0.324 e. The molecule has 0 radical (unpaired) electrons. The van der Waals surface area contributed by atoms with Crippen molar-refractivity contribution in [1.82, 2.24) is 10.2 Å². The van der Waals surface area contributed by atoms with E-state index in [2.05, 4.69) is 24.1 Å². The van der Waals surface area contributed by atoms with Crippen LogP contribution in [-0.4, -0.2) is 50.2 Å². The number of nitrogens with zero attached hydrogens (tertiary/aromatic N) is 1. The van der Waals surface area contributed by atoms with Crippen LogP contribution in [0.4, 0.5) is 0 Å². The van der Waals surface area contributed by atoms with Crippen molar-refractivity contribution in [1.29, 1.82) is 0 Å². The van der Waals surface area contributed by atoms with Crippen molar-refractivity contribution in [3.8, 4) is 0 Å². The first kappa shape index (κ1) is 13.5. The van der Waals surface area contributed by atoms with Crippen LogP contribution in [-0.2, 0) is 9.53 Å². The summed E-state index contributed by atoms with van der Waals surface area (Å²) in [5.74, 6) is 0.555. The van der Waals surface area contributed by atoms with Crippen molar-refractivity contribution in [2.75, 3.05) is 27.2 Å². The highest BCUT2D eigenvalue weighted by atomic mass is 16.5. The molecule has 1 aliphatic heterocycles. The molecule has 1 heterocycles. The Balaban J connectivity index is 2.52. The number of piperidine rings is 1. The number of likely N-dealkylation sites (tertiary alicyclic amines) is 1. The molecule has 0 aromatic carbocycles. The van der Waals surface area contributed by atoms with Crippen LogP contribution in [0.15, 0.2) is 0 Å². The van der Waals surface area contributed by atoms with Crippen LogP contribution in [0, 0.1) is 5.92 Å². The number of methoxy groups -OCH3 is 1. The topological polar surface area (TPSA) is 41.6 Å². The number of ether oxygens (including phenoxy) is 1. The average molecular weight is 228 g/mol. The Morgan fingerprint density at radius 3 is 2.75 bits per heavy atom. The minimum absolute atomic E-state index is 0.173. The Kier molecular flexibility index (Phi) is 5.22. The minimum Gasteiger partial charge on any atom is -0.468 e. The Labute approximate surface area is 98.3 Å². The molecule has 1 aliphatic rings. The number of carbonyl (C=O) groups excluding carboxylic acids is 1. The van der Waals surface area contributed by atoms with E-state index in [1.807, 2.05) is 0 Å². The summed E-state index contributed by atoms with van der Waals surface area (Å²) in [6, 6.07) is 0.356. The Morgan fingerprint density at radius 1 is 1.50 bits per heavy atom. The lowest BCUT2D eigenvalue weighted by atomic mass is 9.94. The predicted octanol–water partition coefficient (Wildman–Crippen LogP) is 0.868. The molecule has 0 bridgehead atoms. The van der Waals surface area contributed by atoms with E-state index < -0.39 is 0 Å². The fraction of sp³-hybridized carbons (Fsp3) is 0.917. The molecule has 0 spiro atoms. The maximum absolute atomic E-state index is 11.5. The summed E-state index contributed by atoms with van der Waals surface area (Å²) in [7, 11) is 3.24. The number of nitrogens with one attached hydrogen (secondary N) is 1. The number of rotatable bonds is 4. The number of hydrogen-bond donors (Lipinski definition) is 1. The van der Waals surface area contributed by atoms with Crippen LogP contribution >= 0.6 is 0 Å². The summed E-state index contributed by atoms with van der Waals surface area (Å²) >= 11 is 0. The van der Waals surface area contributed by atoms with Gasteiger partial charge in [0.15, 0.2) is 0 Å². The van der Waals surface area contributed by atoms with Gasteiger partial charge in [-0.05, 0) is 32.7 Å². The molecule has 0 amide bonds. The second-order valence-electron chi connectivity index (χ2n) is 4.85. The third-order valence-electron chi connectivity index (χ3n) is 3.50. The quantitative estimate of drug-likeness (QED) is 0.725. The van der Waals surface area contributed by atoms with Gasteiger partial charge in [0, 0.05) is 19.1 Å². The zero-order valence-electron chi connectivity index (χ0n) is 10.8. The molecule has 16 heavy (non-hydrogen) atoms. The predicted molar refractivity (Wildman–Crippen MR) is 64.3 cm³/mol. The van der Waals surface area contributed by atoms with Crippen LogP contribution < -0.4 is 5.32 Å². The highest BCUT2D eigenvalue weighted by molar-refractivity contribution is 5.75. The zero-order valence-corrected chi connectivity index (χ0v) is 10.8. The minimum atomic E-state index is -0.210. The molecule has 0 aliphatic carbocycles. The molecule has 0 aromatic rings. The van der Waals surface area contributed by atoms with Gasteiger partial charge >= 0.3 is 5.97 Å². The van der Waals surface area contributed by atoms with E-state index >= 15 is 0 Å². The molecule has 4 heteroatoms. The van der Waals surface area contributed by atoms with E-state index in [0.717, 1.165) is 19.0 Å². The van der Waals surface area contributed by atoms with Crippen molar-refractivity contribution >= 4 is 5.97 Å². The van der Waals surface area contributed by atoms with Gasteiger partial charge in [0.05, 0.1) is 7.11 Å². The summed E-state index contributed by atoms with van der Waals surface area (Å²) < 4.78 is 4.78. The van der Waals surface area contributed by atoms with Gasteiger partial charge in [0.2, 0.25) is 0 Å². The molecular formula is C12H24N2O2. The van der Waals surface area contributed by atoms with E-state index in [4.69, 9.17) is 4.74 Å². The molecule has 1 N–H and O–H groups in total. The lowest BCUT2D eigenvalue weighted by Gasteiger charge is -2.38. The highest BCUT2D eigenvalue weighted by Crippen LogP contribution is 2.21. The normalized spacial score (nSPS) is 28.8. The van der Waals surface area contributed by atoms with Gasteiger partial charge in [-0.25, -0.2) is 0 Å². The summed E-state index contributed by atoms with van der Waals surface area (Å²) in [4.78, 5) is 13.9. The third kappa shape index (κ3) is 3.46. The monoisotopic (exact) mass is 228 g/mol. The summed E-state index contributed by atoms with van der Waals surface area (Å²) in [5, 5.41) is 3.02. The molecule has 0 aromatic heterocycles. The van der Waals surface area contributed by atoms with E-state index in [-0.39, 0.29) is 12.0 Å². The van der Waals surface area contributed by atoms with Gasteiger partial charge in [0.25, 0.3) is 0 Å². The van der Waals surface area contributed by atoms with Crippen molar-refractivity contribution in [3.63, 3.8) is 0 Å². The van der Waals surface area contributed by atoms with Crippen LogP contribution in [0.25, 0.3) is 0 Å². The largest absolute Gasteiger partial charge is 0.468 e. The van der Waals surface area contributed by atoms with E-state index in [9.17, 15) is 4.79 Å². The van der Waals surface area contributed by atoms with Crippen LogP contribution in [0.2, 0.25) is 0 Å². The molecule has 94 valence electrons. The van der Waals surface area contributed by atoms with E-state index in [1.54, 1.807) is 7.05 Å². The van der Waals surface area contributed by atoms with Crippen LogP contribution in [0.5, 0.6) is 0 Å². The number of likely N-dealkylation sites (N-methyl/N-ethyl adjacent to an activating group) is 1. The maximum atomic E-state index is 11.5. The first-order valence-corrected chi connectivity index (χ1v) is 6.07. The zero-order chi connectivity index (χ0) is 12.1. The molecule has 1 fully saturated rings. The lowest BCUT2D eigenvalue weighted by Crippen LogP contribution is -2.50. The number of hydrogen-bond acceptors (Lipinski definition) is 4. The molecule has 0 saturated carbocycles. The fourth-order valence-electron chi connectivity index (χ4n) is 2.29. The van der Waals surface area contributed by atoms with Gasteiger partial charge in [-0.3, -0.25) is 9.69 Å². The molecular weight excluding hydrogens is 204 g/mol. The Hall–Kier alpha value is -0.610. The van der Waals surface area contributed by atoms with E-state index in [1.165, 1.54) is 20.0 Å². The molecule has 4 nitrogen and oxygen atoms in total. The van der Waals surface area contributed by atoms with Crippen molar-refractivity contribution in [2.45, 2.75) is 38.8 Å². The SMILES string of the molecule is CNC(CN1CC(C)CCC1C)C(=O)OC. The fourth-order valence-corrected chi connectivity index (χ4v) is 2.29. The van der Waals surface area contributed by atoms with Gasteiger partial charge < -0.3 is 10.1 Å². The summed E-state index contributed by atoms with van der Waals surface area (Å²) in [6.45, 7) is 6.33. The van der Waals surface area contributed by atoms with Crippen molar-refractivity contribution in [3.05, 3.63) is 0 Å². The first-order valence-electron chi connectivity index (χ1n) is 6.07.